The fraction of sp³-hybridized carbons (Fsp3) is 0.167. The van der Waals surface area contributed by atoms with E-state index in [1.807, 2.05) is 25.1 Å². The van der Waals surface area contributed by atoms with Crippen LogP contribution in [0.4, 0.5) is 5.69 Å². The summed E-state index contributed by atoms with van der Waals surface area (Å²) in [5, 5.41) is 6.64. The van der Waals surface area contributed by atoms with Crippen molar-refractivity contribution in [1.82, 2.24) is 10.1 Å². The molecule has 0 fully saturated rings. The van der Waals surface area contributed by atoms with Crippen molar-refractivity contribution in [1.29, 1.82) is 0 Å². The monoisotopic (exact) mass is 323 g/mol. The Hall–Kier alpha value is -3.15. The van der Waals surface area contributed by atoms with Crippen molar-refractivity contribution in [2.24, 2.45) is 0 Å². The first kappa shape index (κ1) is 15.7. The Labute approximate surface area is 139 Å². The van der Waals surface area contributed by atoms with Crippen molar-refractivity contribution in [3.8, 4) is 17.2 Å². The first-order valence-electron chi connectivity index (χ1n) is 7.61. The highest BCUT2D eigenvalue weighted by Gasteiger charge is 2.13. The molecule has 3 aromatic rings. The van der Waals surface area contributed by atoms with Crippen molar-refractivity contribution in [2.45, 2.75) is 13.8 Å². The highest BCUT2D eigenvalue weighted by atomic mass is 16.5. The zero-order valence-electron chi connectivity index (χ0n) is 13.4. The van der Waals surface area contributed by atoms with E-state index in [2.05, 4.69) is 15.5 Å². The number of hydrogen-bond donors (Lipinski definition) is 1. The molecule has 0 radical (unpaired) electrons. The van der Waals surface area contributed by atoms with Crippen LogP contribution in [0.5, 0.6) is 5.75 Å². The number of hydrogen-bond acceptors (Lipinski definition) is 5. The molecule has 0 unspecified atom stereocenters. The molecule has 1 heterocycles. The van der Waals surface area contributed by atoms with E-state index in [-0.39, 0.29) is 5.91 Å². The minimum Gasteiger partial charge on any atom is -0.493 e. The van der Waals surface area contributed by atoms with Gasteiger partial charge in [-0.2, -0.15) is 4.98 Å². The minimum absolute atomic E-state index is 0.238. The number of carbonyl (C=O) groups excluding carboxylic acids is 1. The van der Waals surface area contributed by atoms with Crippen molar-refractivity contribution >= 4 is 11.6 Å². The Balaban J connectivity index is 1.83. The quantitative estimate of drug-likeness (QED) is 0.774. The molecule has 1 amide bonds. The van der Waals surface area contributed by atoms with Gasteiger partial charge in [-0.1, -0.05) is 23.4 Å². The lowest BCUT2D eigenvalue weighted by molar-refractivity contribution is 0.102. The summed E-state index contributed by atoms with van der Waals surface area (Å²) in [5.41, 5.74) is 1.87. The number of aromatic nitrogens is 2. The molecular formula is C18H17N3O3. The number of benzene rings is 2. The third-order valence-electron chi connectivity index (χ3n) is 3.33. The van der Waals surface area contributed by atoms with Gasteiger partial charge >= 0.3 is 0 Å². The van der Waals surface area contributed by atoms with Crippen LogP contribution in [0.3, 0.4) is 0 Å². The van der Waals surface area contributed by atoms with Crippen LogP contribution in [0.1, 0.15) is 23.1 Å². The number of rotatable bonds is 5. The maximum atomic E-state index is 12.5. The van der Waals surface area contributed by atoms with E-state index < -0.39 is 0 Å². The highest BCUT2D eigenvalue weighted by molar-refractivity contribution is 6.06. The Morgan fingerprint density at radius 2 is 2.04 bits per heavy atom. The molecule has 6 heteroatoms. The van der Waals surface area contributed by atoms with Gasteiger partial charge < -0.3 is 14.6 Å². The van der Waals surface area contributed by atoms with Gasteiger partial charge in [-0.05, 0) is 44.2 Å². The highest BCUT2D eigenvalue weighted by Crippen LogP contribution is 2.23. The predicted molar refractivity (Wildman–Crippen MR) is 90.0 cm³/mol. The van der Waals surface area contributed by atoms with Crippen LogP contribution in [0.25, 0.3) is 11.5 Å². The van der Waals surface area contributed by atoms with E-state index in [1.54, 1.807) is 37.3 Å². The summed E-state index contributed by atoms with van der Waals surface area (Å²) >= 11 is 0. The lowest BCUT2D eigenvalue weighted by Gasteiger charge is -2.10. The number of nitrogens with zero attached hydrogens (tertiary/aromatic N) is 2. The van der Waals surface area contributed by atoms with Crippen LogP contribution < -0.4 is 10.1 Å². The summed E-state index contributed by atoms with van der Waals surface area (Å²) in [6.07, 6.45) is 0. The van der Waals surface area contributed by atoms with Crippen LogP contribution in [-0.2, 0) is 0 Å². The Bertz CT molecular complexity index is 858. The van der Waals surface area contributed by atoms with Gasteiger partial charge in [-0.3, -0.25) is 4.79 Å². The summed E-state index contributed by atoms with van der Waals surface area (Å²) in [6.45, 7) is 4.13. The summed E-state index contributed by atoms with van der Waals surface area (Å²) in [6, 6.07) is 14.4. The fourth-order valence-electron chi connectivity index (χ4n) is 2.28. The Morgan fingerprint density at radius 1 is 1.21 bits per heavy atom. The average molecular weight is 323 g/mol. The van der Waals surface area contributed by atoms with E-state index in [0.717, 1.165) is 5.56 Å². The smallest absolute Gasteiger partial charge is 0.259 e. The number of amides is 1. The molecule has 0 atom stereocenters. The molecular weight excluding hydrogens is 306 g/mol. The first-order chi connectivity index (χ1) is 11.7. The van der Waals surface area contributed by atoms with Gasteiger partial charge in [0.1, 0.15) is 5.75 Å². The molecule has 24 heavy (non-hydrogen) atoms. The normalized spacial score (nSPS) is 10.4. The maximum absolute atomic E-state index is 12.5. The van der Waals surface area contributed by atoms with Crippen LogP contribution in [0.2, 0.25) is 0 Å². The lowest BCUT2D eigenvalue weighted by Crippen LogP contribution is -2.13. The molecule has 0 bridgehead atoms. The van der Waals surface area contributed by atoms with Gasteiger partial charge in [0.15, 0.2) is 5.82 Å². The van der Waals surface area contributed by atoms with Crippen LogP contribution in [0, 0.1) is 6.92 Å². The largest absolute Gasteiger partial charge is 0.493 e. The number of anilines is 1. The van der Waals surface area contributed by atoms with E-state index >= 15 is 0 Å². The van der Waals surface area contributed by atoms with Crippen molar-refractivity contribution in [2.75, 3.05) is 11.9 Å². The number of nitrogens with one attached hydrogen (secondary N) is 1. The molecule has 1 aromatic heterocycles. The third kappa shape index (κ3) is 3.43. The summed E-state index contributed by atoms with van der Waals surface area (Å²) in [5.74, 6) is 1.29. The molecule has 0 spiro atoms. The number of carbonyl (C=O) groups is 1. The molecule has 0 saturated heterocycles. The zero-order chi connectivity index (χ0) is 16.9. The van der Waals surface area contributed by atoms with Gasteiger partial charge in [-0.15, -0.1) is 0 Å². The maximum Gasteiger partial charge on any atom is 0.259 e. The fourth-order valence-corrected chi connectivity index (χ4v) is 2.28. The van der Waals surface area contributed by atoms with Gasteiger partial charge in [0.25, 0.3) is 11.8 Å². The minimum atomic E-state index is -0.238. The van der Waals surface area contributed by atoms with Crippen molar-refractivity contribution < 1.29 is 14.1 Å². The standard InChI is InChI=1S/C18H17N3O3/c1-3-23-16-10-5-4-9-15(16)17(22)20-14-8-6-7-13(11-14)18-19-12(2)21-24-18/h4-11H,3H2,1-2H3,(H,20,22). The molecule has 0 aliphatic heterocycles. The SMILES string of the molecule is CCOc1ccccc1C(=O)Nc1cccc(-c2nc(C)no2)c1. The van der Waals surface area contributed by atoms with E-state index in [1.165, 1.54) is 0 Å². The molecule has 2 aromatic carbocycles. The van der Waals surface area contributed by atoms with Gasteiger partial charge in [0, 0.05) is 11.3 Å². The van der Waals surface area contributed by atoms with Crippen LogP contribution in [0.15, 0.2) is 53.1 Å². The number of ether oxygens (including phenoxy) is 1. The van der Waals surface area contributed by atoms with Gasteiger partial charge in [-0.25, -0.2) is 0 Å². The topological polar surface area (TPSA) is 77.2 Å². The second-order valence-electron chi connectivity index (χ2n) is 5.11. The molecule has 0 saturated carbocycles. The predicted octanol–water partition coefficient (Wildman–Crippen LogP) is 3.70. The summed E-state index contributed by atoms with van der Waals surface area (Å²) in [4.78, 5) is 16.7. The molecule has 0 aliphatic carbocycles. The lowest BCUT2D eigenvalue weighted by atomic mass is 10.1. The number of para-hydroxylation sites is 1. The second kappa shape index (κ2) is 6.95. The van der Waals surface area contributed by atoms with E-state index in [0.29, 0.717) is 35.3 Å². The number of aryl methyl sites for hydroxylation is 1. The van der Waals surface area contributed by atoms with Crippen molar-refractivity contribution in [3.63, 3.8) is 0 Å². The van der Waals surface area contributed by atoms with Crippen LogP contribution >= 0.6 is 0 Å². The van der Waals surface area contributed by atoms with Gasteiger partial charge in [0.05, 0.1) is 12.2 Å². The Morgan fingerprint density at radius 3 is 2.79 bits per heavy atom. The van der Waals surface area contributed by atoms with Gasteiger partial charge in [0.2, 0.25) is 0 Å². The second-order valence-corrected chi connectivity index (χ2v) is 5.11. The molecule has 122 valence electrons. The summed E-state index contributed by atoms with van der Waals surface area (Å²) < 4.78 is 10.6. The first-order valence-corrected chi connectivity index (χ1v) is 7.61. The zero-order valence-corrected chi connectivity index (χ0v) is 13.4. The average Bonchev–Trinajstić information content (AvgIpc) is 3.02. The summed E-state index contributed by atoms with van der Waals surface area (Å²) in [7, 11) is 0. The third-order valence-corrected chi connectivity index (χ3v) is 3.33. The van der Waals surface area contributed by atoms with E-state index in [4.69, 9.17) is 9.26 Å². The van der Waals surface area contributed by atoms with Crippen LogP contribution in [-0.4, -0.2) is 22.7 Å². The molecule has 0 aliphatic rings. The molecule has 3 rings (SSSR count). The Kier molecular flexibility index (Phi) is 4.56. The van der Waals surface area contributed by atoms with E-state index in [9.17, 15) is 4.79 Å². The molecule has 6 nitrogen and oxygen atoms in total. The molecule has 1 N–H and O–H groups in total. The van der Waals surface area contributed by atoms with Crippen molar-refractivity contribution in [3.05, 3.63) is 59.9 Å².